The lowest BCUT2D eigenvalue weighted by Crippen LogP contribution is -2.11. The second kappa shape index (κ2) is 1.76. The minimum Gasteiger partial charge on any atom is -0.423 e. The van der Waals surface area contributed by atoms with E-state index in [2.05, 4.69) is 13.2 Å². The Bertz CT molecular complexity index is 141. The predicted octanol–water partition coefficient (Wildman–Crippen LogP) is 0.149. The normalized spacial score (nSPS) is 20.4. The van der Waals surface area contributed by atoms with Crippen molar-refractivity contribution in [1.29, 1.82) is 0 Å². The van der Waals surface area contributed by atoms with Crippen LogP contribution < -0.4 is 0 Å². The van der Waals surface area contributed by atoms with Crippen molar-refractivity contribution in [3.63, 3.8) is 0 Å². The van der Waals surface area contributed by atoms with E-state index in [0.717, 1.165) is 5.57 Å². The quantitative estimate of drug-likeness (QED) is 0.449. The smallest absolute Gasteiger partial charge is 0.423 e. The van der Waals surface area contributed by atoms with Crippen LogP contribution in [0.25, 0.3) is 0 Å². The summed E-state index contributed by atoms with van der Waals surface area (Å²) in [4.78, 5) is 0. The van der Waals surface area contributed by atoms with E-state index in [9.17, 15) is 0 Å². The van der Waals surface area contributed by atoms with E-state index in [4.69, 9.17) is 9.68 Å². The Morgan fingerprint density at radius 2 is 2.25 bits per heavy atom. The van der Waals surface area contributed by atoms with Gasteiger partial charge in [-0.1, -0.05) is 13.2 Å². The van der Waals surface area contributed by atoms with Crippen molar-refractivity contribution in [1.82, 2.24) is 0 Å². The second-order valence-corrected chi connectivity index (χ2v) is 1.79. The van der Waals surface area contributed by atoms with Crippen molar-refractivity contribution in [2.75, 3.05) is 6.61 Å². The number of hydrogen-bond acceptors (Lipinski definition) is 2. The molecule has 8 heavy (non-hydrogen) atoms. The first-order chi connectivity index (χ1) is 3.72. The molecule has 1 rings (SSSR count). The monoisotopic (exact) mass is 110 g/mol. The third kappa shape index (κ3) is 0.701. The van der Waals surface area contributed by atoms with Crippen LogP contribution in [0.1, 0.15) is 0 Å². The molecule has 0 saturated carbocycles. The third-order valence-electron chi connectivity index (χ3n) is 1.17. The van der Waals surface area contributed by atoms with Gasteiger partial charge in [0, 0.05) is 0 Å². The second-order valence-electron chi connectivity index (χ2n) is 1.79. The van der Waals surface area contributed by atoms with Crippen LogP contribution in [0.15, 0.2) is 24.2 Å². The van der Waals surface area contributed by atoms with E-state index in [1.165, 1.54) is 0 Å². The van der Waals surface area contributed by atoms with Gasteiger partial charge in [0.1, 0.15) is 0 Å². The van der Waals surface area contributed by atoms with Crippen LogP contribution in [0.4, 0.5) is 0 Å². The fourth-order valence-corrected chi connectivity index (χ4v) is 0.547. The maximum atomic E-state index is 8.79. The number of rotatable bonds is 0. The molecule has 0 atom stereocenters. The Morgan fingerprint density at radius 3 is 2.38 bits per heavy atom. The summed E-state index contributed by atoms with van der Waals surface area (Å²) in [5.41, 5.74) is 1.39. The number of hydrogen-bond donors (Lipinski definition) is 1. The Balaban J connectivity index is 2.71. The highest BCUT2D eigenvalue weighted by molar-refractivity contribution is 6.54. The Labute approximate surface area is 48.6 Å². The zero-order chi connectivity index (χ0) is 6.15. The summed E-state index contributed by atoms with van der Waals surface area (Å²) >= 11 is 0. The summed E-state index contributed by atoms with van der Waals surface area (Å²) in [7, 11) is -0.803. The van der Waals surface area contributed by atoms with Gasteiger partial charge in [-0.05, 0) is 11.0 Å². The Hall–Kier alpha value is -0.535. The molecule has 0 aromatic rings. The molecule has 0 radical (unpaired) electrons. The maximum absolute atomic E-state index is 8.79. The largest absolute Gasteiger partial charge is 0.491 e. The van der Waals surface area contributed by atoms with Gasteiger partial charge in [-0.25, -0.2) is 0 Å². The molecule has 0 bridgehead atoms. The van der Waals surface area contributed by atoms with Gasteiger partial charge in [-0.15, -0.1) is 0 Å². The molecule has 0 aromatic heterocycles. The lowest BCUT2D eigenvalue weighted by molar-refractivity contribution is 0.316. The molecule has 0 spiro atoms. The molecule has 0 aromatic carbocycles. The molecule has 1 aliphatic heterocycles. The van der Waals surface area contributed by atoms with E-state index in [1.54, 1.807) is 0 Å². The Kier molecular flexibility index (Phi) is 1.23. The van der Waals surface area contributed by atoms with Crippen molar-refractivity contribution < 1.29 is 9.68 Å². The first-order valence-corrected chi connectivity index (χ1v) is 2.38. The summed E-state index contributed by atoms with van der Waals surface area (Å²) in [6.45, 7) is 7.56. The summed E-state index contributed by atoms with van der Waals surface area (Å²) in [6, 6.07) is 0. The first-order valence-electron chi connectivity index (χ1n) is 2.38. The van der Waals surface area contributed by atoms with Gasteiger partial charge < -0.3 is 9.68 Å². The molecule has 1 N–H and O–H groups in total. The van der Waals surface area contributed by atoms with Gasteiger partial charge in [0.15, 0.2) is 0 Å². The van der Waals surface area contributed by atoms with Gasteiger partial charge in [-0.2, -0.15) is 0 Å². The molecular formula is C5H7BO2. The van der Waals surface area contributed by atoms with Gasteiger partial charge >= 0.3 is 7.12 Å². The van der Waals surface area contributed by atoms with E-state index in [-0.39, 0.29) is 0 Å². The van der Waals surface area contributed by atoms with Gasteiger partial charge in [-0.3, -0.25) is 0 Å². The van der Waals surface area contributed by atoms with Gasteiger partial charge in [0.25, 0.3) is 0 Å². The van der Waals surface area contributed by atoms with Gasteiger partial charge in [0.2, 0.25) is 0 Å². The fraction of sp³-hybridized carbons (Fsp3) is 0.200. The molecule has 0 aliphatic carbocycles. The highest BCUT2D eigenvalue weighted by Gasteiger charge is 2.26. The Morgan fingerprint density at radius 1 is 1.62 bits per heavy atom. The summed E-state index contributed by atoms with van der Waals surface area (Å²) in [6.07, 6.45) is 0. The molecule has 1 aliphatic rings. The van der Waals surface area contributed by atoms with E-state index >= 15 is 0 Å². The fourth-order valence-electron chi connectivity index (χ4n) is 0.547. The van der Waals surface area contributed by atoms with Crippen molar-refractivity contribution in [3.8, 4) is 0 Å². The lowest BCUT2D eigenvalue weighted by atomic mass is 9.80. The summed E-state index contributed by atoms with van der Waals surface area (Å²) in [5.74, 6) is 0. The average Bonchev–Trinajstić information content (AvgIpc) is 1.98. The predicted molar refractivity (Wildman–Crippen MR) is 32.2 cm³/mol. The van der Waals surface area contributed by atoms with Crippen molar-refractivity contribution in [2.24, 2.45) is 0 Å². The topological polar surface area (TPSA) is 29.5 Å². The summed E-state index contributed by atoms with van der Waals surface area (Å²) in [5, 5.41) is 8.79. The SMILES string of the molecule is C=C1COB(O)C1=C. The van der Waals surface area contributed by atoms with Crippen LogP contribution in [0.5, 0.6) is 0 Å². The molecule has 0 unspecified atom stereocenters. The van der Waals surface area contributed by atoms with E-state index in [1.807, 2.05) is 0 Å². The molecule has 3 heteroatoms. The van der Waals surface area contributed by atoms with Crippen LogP contribution in [0.3, 0.4) is 0 Å². The van der Waals surface area contributed by atoms with Crippen molar-refractivity contribution >= 4 is 7.12 Å². The van der Waals surface area contributed by atoms with E-state index in [0.29, 0.717) is 12.1 Å². The minimum atomic E-state index is -0.803. The molecule has 0 amide bonds. The molecular weight excluding hydrogens is 103 g/mol. The average molecular weight is 110 g/mol. The highest BCUT2D eigenvalue weighted by atomic mass is 16.5. The van der Waals surface area contributed by atoms with Crippen molar-refractivity contribution in [2.45, 2.75) is 0 Å². The molecule has 2 nitrogen and oxygen atoms in total. The molecule has 1 saturated heterocycles. The van der Waals surface area contributed by atoms with Crippen LogP contribution in [-0.2, 0) is 4.65 Å². The third-order valence-corrected chi connectivity index (χ3v) is 1.17. The van der Waals surface area contributed by atoms with Crippen LogP contribution in [-0.4, -0.2) is 18.7 Å². The maximum Gasteiger partial charge on any atom is 0.491 e. The zero-order valence-electron chi connectivity index (χ0n) is 4.55. The van der Waals surface area contributed by atoms with Crippen LogP contribution in [0.2, 0.25) is 0 Å². The molecule has 1 fully saturated rings. The van der Waals surface area contributed by atoms with Gasteiger partial charge in [0.05, 0.1) is 6.61 Å². The van der Waals surface area contributed by atoms with Crippen LogP contribution >= 0.6 is 0 Å². The standard InChI is InChI=1S/C5H7BO2/c1-4-3-8-6(7)5(4)2/h7H,1-3H2. The van der Waals surface area contributed by atoms with Crippen LogP contribution in [0, 0.1) is 0 Å². The minimum absolute atomic E-state index is 0.417. The zero-order valence-corrected chi connectivity index (χ0v) is 4.55. The molecule has 42 valence electrons. The lowest BCUT2D eigenvalue weighted by Gasteiger charge is -1.89. The highest BCUT2D eigenvalue weighted by Crippen LogP contribution is 2.16. The first kappa shape index (κ1) is 5.60. The van der Waals surface area contributed by atoms with Crippen molar-refractivity contribution in [3.05, 3.63) is 24.2 Å². The van der Waals surface area contributed by atoms with E-state index < -0.39 is 7.12 Å². The summed E-state index contributed by atoms with van der Waals surface area (Å²) < 4.78 is 4.73. The molecule has 1 heterocycles.